The van der Waals surface area contributed by atoms with Crippen LogP contribution in [0.5, 0.6) is 0 Å². The van der Waals surface area contributed by atoms with Crippen LogP contribution < -0.4 is 5.32 Å². The van der Waals surface area contributed by atoms with Gasteiger partial charge in [-0.1, -0.05) is 127 Å². The second-order valence-electron chi connectivity index (χ2n) is 18.3. The third-order valence-corrected chi connectivity index (χ3v) is 16.6. The summed E-state index contributed by atoms with van der Waals surface area (Å²) < 4.78 is 24.7. The second kappa shape index (κ2) is 26.2. The summed E-state index contributed by atoms with van der Waals surface area (Å²) in [4.78, 5) is 30.8. The van der Waals surface area contributed by atoms with Crippen LogP contribution in [0.4, 0.5) is 4.79 Å². The molecule has 0 fully saturated rings. The largest absolute Gasteiger partial charge is 0.455 e. The molecule has 0 aliphatic heterocycles. The maximum Gasteiger partial charge on any atom is 0.407 e. The molecule has 2 N–H and O–H groups in total. The van der Waals surface area contributed by atoms with Gasteiger partial charge in [0.2, 0.25) is 0 Å². The van der Waals surface area contributed by atoms with Gasteiger partial charge in [-0.25, -0.2) is 9.78 Å². The molecule has 0 aromatic carbocycles. The number of allylic oxidation sites excluding steroid dienone is 7. The molecule has 0 bridgehead atoms. The van der Waals surface area contributed by atoms with Crippen molar-refractivity contribution in [1.82, 2.24) is 10.3 Å². The molecule has 0 unspecified atom stereocenters. The summed E-state index contributed by atoms with van der Waals surface area (Å²) in [5, 5.41) is 15.5. The first-order chi connectivity index (χ1) is 27.9. The number of rotatable bonds is 25. The Kier molecular flexibility index (Phi) is 23.9. The van der Waals surface area contributed by atoms with E-state index in [-0.39, 0.29) is 53.3 Å². The summed E-state index contributed by atoms with van der Waals surface area (Å²) in [6.45, 7) is 37.4. The Morgan fingerprint density at radius 3 is 2.18 bits per heavy atom. The maximum absolute atomic E-state index is 13.7. The van der Waals surface area contributed by atoms with E-state index in [9.17, 15) is 14.7 Å². The minimum Gasteiger partial charge on any atom is -0.455 e. The fourth-order valence-corrected chi connectivity index (χ4v) is 8.68. The average Bonchev–Trinajstić information content (AvgIpc) is 3.65. The van der Waals surface area contributed by atoms with Gasteiger partial charge in [-0.15, -0.1) is 17.9 Å². The van der Waals surface area contributed by atoms with Crippen molar-refractivity contribution in [3.05, 3.63) is 100 Å². The second-order valence-corrected chi connectivity index (χ2v) is 23.9. The molecule has 8 atom stereocenters. The molecule has 0 aliphatic carbocycles. The van der Waals surface area contributed by atoms with E-state index in [0.29, 0.717) is 23.5 Å². The zero-order valence-corrected chi connectivity index (χ0v) is 41.7. The van der Waals surface area contributed by atoms with E-state index in [1.807, 2.05) is 57.4 Å². The molecular formula is C49H80N2O7SSi. The lowest BCUT2D eigenvalue weighted by Gasteiger charge is -2.40. The van der Waals surface area contributed by atoms with Crippen LogP contribution in [0, 0.1) is 23.7 Å². The van der Waals surface area contributed by atoms with E-state index in [4.69, 9.17) is 23.6 Å². The molecule has 1 aromatic rings. The summed E-state index contributed by atoms with van der Waals surface area (Å²) in [6.07, 6.45) is 15.2. The lowest BCUT2D eigenvalue weighted by molar-refractivity contribution is -0.151. The van der Waals surface area contributed by atoms with E-state index in [2.05, 4.69) is 105 Å². The highest BCUT2D eigenvalue weighted by Crippen LogP contribution is 2.39. The highest BCUT2D eigenvalue weighted by atomic mass is 32.1. The summed E-state index contributed by atoms with van der Waals surface area (Å²) in [5.74, 6) is -0.379. The Hall–Kier alpha value is -3.35. The monoisotopic (exact) mass is 869 g/mol. The quantitative estimate of drug-likeness (QED) is 0.0432. The summed E-state index contributed by atoms with van der Waals surface area (Å²) in [5.41, 5.74) is 4.98. The smallest absolute Gasteiger partial charge is 0.407 e. The first kappa shape index (κ1) is 54.7. The first-order valence-corrected chi connectivity index (χ1v) is 25.3. The van der Waals surface area contributed by atoms with Gasteiger partial charge in [0.15, 0.2) is 20.5 Å². The van der Waals surface area contributed by atoms with Crippen LogP contribution in [-0.4, -0.2) is 62.9 Å². The van der Waals surface area contributed by atoms with Crippen molar-refractivity contribution < 1.29 is 33.3 Å². The first-order valence-electron chi connectivity index (χ1n) is 21.5. The maximum atomic E-state index is 13.7. The number of nitrogens with one attached hydrogen (secondary N) is 1. The SMILES string of the molecule is C=C/C(C)=C\C(C)=C/[C@H](C)[C@@H](/C=C(\C)CCCC(=O)O[C@H](c1csc([C@H](CC(C)C)OC(=O)NC)n1)[C@@H](C)/C=C/C=C(\C)[C@@H](OC)[C@@H](C)[C@H](O)C=C)O[Si](C)(C)C(C)(C)C. The molecule has 0 spiro atoms. The van der Waals surface area contributed by atoms with Crippen molar-refractivity contribution >= 4 is 31.7 Å². The van der Waals surface area contributed by atoms with Crippen LogP contribution in [-0.2, 0) is 23.4 Å². The number of thiazole rings is 1. The molecule has 1 rings (SSSR count). The van der Waals surface area contributed by atoms with E-state index < -0.39 is 32.7 Å². The zero-order chi connectivity index (χ0) is 46.0. The van der Waals surface area contributed by atoms with Crippen LogP contribution in [0.15, 0.2) is 89.4 Å². The number of aliphatic hydroxyl groups excluding tert-OH is 1. The van der Waals surface area contributed by atoms with Gasteiger partial charge in [-0.2, -0.15) is 0 Å². The van der Waals surface area contributed by atoms with Gasteiger partial charge in [-0.3, -0.25) is 4.79 Å². The van der Waals surface area contributed by atoms with Crippen LogP contribution >= 0.6 is 11.3 Å². The summed E-state index contributed by atoms with van der Waals surface area (Å²) in [6, 6.07) is 0. The molecule has 0 saturated heterocycles. The van der Waals surface area contributed by atoms with E-state index in [1.165, 1.54) is 30.0 Å². The van der Waals surface area contributed by atoms with Crippen LogP contribution in [0.1, 0.15) is 132 Å². The summed E-state index contributed by atoms with van der Waals surface area (Å²) in [7, 11) is 1.05. The van der Waals surface area contributed by atoms with Gasteiger partial charge in [-0.05, 0) is 76.6 Å². The normalized spacial score (nSPS) is 17.7. The third kappa shape index (κ3) is 18.7. The molecule has 0 radical (unpaired) electrons. The van der Waals surface area contributed by atoms with E-state index in [0.717, 1.165) is 23.1 Å². The Labute approximate surface area is 369 Å². The Morgan fingerprint density at radius 1 is 0.983 bits per heavy atom. The van der Waals surface area contributed by atoms with Crippen molar-refractivity contribution in [3.8, 4) is 0 Å². The van der Waals surface area contributed by atoms with Crippen molar-refractivity contribution in [1.29, 1.82) is 0 Å². The fraction of sp³-hybridized carbons (Fsp3) is 0.612. The highest BCUT2D eigenvalue weighted by Gasteiger charge is 2.39. The van der Waals surface area contributed by atoms with Gasteiger partial charge in [0.25, 0.3) is 0 Å². The lowest BCUT2D eigenvalue weighted by Crippen LogP contribution is -2.45. The van der Waals surface area contributed by atoms with Crippen LogP contribution in [0.2, 0.25) is 18.1 Å². The van der Waals surface area contributed by atoms with Crippen molar-refractivity contribution in [3.63, 3.8) is 0 Å². The lowest BCUT2D eigenvalue weighted by atomic mass is 9.92. The number of methoxy groups -OCH3 is 1. The van der Waals surface area contributed by atoms with Crippen molar-refractivity contribution in [2.24, 2.45) is 23.7 Å². The Balaban J connectivity index is 3.43. The number of alkyl carbamates (subject to hydrolysis) is 1. The fourth-order valence-electron chi connectivity index (χ4n) is 6.48. The van der Waals surface area contributed by atoms with Gasteiger partial charge in [0.05, 0.1) is 24.0 Å². The number of nitrogens with zero attached hydrogens (tertiary/aromatic N) is 1. The van der Waals surface area contributed by atoms with Gasteiger partial charge < -0.3 is 29.1 Å². The number of amides is 1. The molecule has 60 heavy (non-hydrogen) atoms. The minimum absolute atomic E-state index is 0.0526. The zero-order valence-electron chi connectivity index (χ0n) is 39.9. The average molecular weight is 869 g/mol. The van der Waals surface area contributed by atoms with E-state index >= 15 is 0 Å². The molecule has 9 nitrogen and oxygen atoms in total. The number of aromatic nitrogens is 1. The number of hydrogen-bond donors (Lipinski definition) is 2. The number of carbonyl (C=O) groups excluding carboxylic acids is 2. The van der Waals surface area contributed by atoms with Gasteiger partial charge in [0, 0.05) is 43.7 Å². The molecular weight excluding hydrogens is 789 g/mol. The molecule has 1 aromatic heterocycles. The minimum atomic E-state index is -2.10. The molecule has 0 aliphatic rings. The number of carbonyl (C=O) groups is 2. The molecule has 1 amide bonds. The van der Waals surface area contributed by atoms with Crippen molar-refractivity contribution in [2.45, 2.75) is 157 Å². The van der Waals surface area contributed by atoms with E-state index in [1.54, 1.807) is 7.11 Å². The highest BCUT2D eigenvalue weighted by molar-refractivity contribution is 7.09. The predicted molar refractivity (Wildman–Crippen MR) is 253 cm³/mol. The van der Waals surface area contributed by atoms with Gasteiger partial charge >= 0.3 is 12.1 Å². The van der Waals surface area contributed by atoms with Crippen molar-refractivity contribution in [2.75, 3.05) is 14.2 Å². The molecule has 0 saturated carbocycles. The Bertz CT molecular complexity index is 1680. The third-order valence-electron chi connectivity index (χ3n) is 11.2. The van der Waals surface area contributed by atoms with Gasteiger partial charge in [0.1, 0.15) is 5.01 Å². The Morgan fingerprint density at radius 2 is 1.63 bits per heavy atom. The molecule has 11 heteroatoms. The number of aliphatic hydroxyl groups is 1. The number of ether oxygens (including phenoxy) is 3. The standard InChI is InChI=1S/C49H80N2O7SSi/c1-19-33(5)28-35(7)29-38(10)42(58-60(17,18)49(12,13)14)30-34(6)23-21-26-44(53)57-46(37(9)25-22-24-36(8)45(55-16)39(11)41(52)20-2)40-31-59-47(51-40)43(27-32(3)4)56-48(54)50-15/h19-20,22,24-25,28-32,37-39,41-43,45-46,52H,1-2,21,23,26-27H2,3-18H3,(H,50,54)/b25-22+,33-28-,34-30+,35-29-,36-24+/t37-,38-,39-,41+,42+,43-,45+,46-/m0/s1. The van der Waals surface area contributed by atoms with Crippen LogP contribution in [0.3, 0.4) is 0 Å². The molecule has 1 heterocycles. The summed E-state index contributed by atoms with van der Waals surface area (Å²) >= 11 is 1.39. The topological polar surface area (TPSA) is 116 Å². The molecule has 338 valence electrons. The predicted octanol–water partition coefficient (Wildman–Crippen LogP) is 12.7. The number of hydrogen-bond acceptors (Lipinski definition) is 9. The van der Waals surface area contributed by atoms with Crippen LogP contribution in [0.25, 0.3) is 0 Å². The number of esters is 1.